The molecule has 1 saturated carbocycles. The van der Waals surface area contributed by atoms with Crippen molar-refractivity contribution in [3.05, 3.63) is 42.0 Å². The number of benzene rings is 1. The summed E-state index contributed by atoms with van der Waals surface area (Å²) in [4.78, 5) is 43.0. The average Bonchev–Trinajstić information content (AvgIpc) is 3.46. The highest BCUT2D eigenvalue weighted by Gasteiger charge is 2.72. The summed E-state index contributed by atoms with van der Waals surface area (Å²) in [5.41, 5.74) is 0.636. The van der Waals surface area contributed by atoms with Crippen molar-refractivity contribution in [1.29, 1.82) is 0 Å². The molecule has 1 aliphatic carbocycles. The number of fused-ring (bicyclic) bond motifs is 1. The lowest BCUT2D eigenvalue weighted by Crippen LogP contribution is -2.57. The fourth-order valence-electron chi connectivity index (χ4n) is 6.65. The SMILES string of the molecule is Cc1cccc(NC(=O)[C@H]2[C@H]3C=C[C@@]4(O3)[C@H]2C(=O)N(CCC(C)C)[C@@H]4C(=O)N[C@@H]2CCCC[C@H]2C)c1. The number of nitrogens with zero attached hydrogens (tertiary/aromatic N) is 1. The molecule has 2 N–H and O–H groups in total. The molecule has 7 heteroatoms. The number of rotatable bonds is 7. The second-order valence-electron chi connectivity index (χ2n) is 11.7. The fourth-order valence-corrected chi connectivity index (χ4v) is 6.65. The molecule has 3 aliphatic heterocycles. The van der Waals surface area contributed by atoms with Gasteiger partial charge >= 0.3 is 0 Å². The zero-order valence-corrected chi connectivity index (χ0v) is 21.8. The molecular formula is C29H39N3O4. The van der Waals surface area contributed by atoms with Crippen LogP contribution in [0.15, 0.2) is 36.4 Å². The van der Waals surface area contributed by atoms with Gasteiger partial charge in [0.25, 0.3) is 0 Å². The molecule has 4 aliphatic rings. The third-order valence-corrected chi connectivity index (χ3v) is 8.60. The Morgan fingerprint density at radius 3 is 2.69 bits per heavy atom. The molecule has 36 heavy (non-hydrogen) atoms. The molecule has 3 heterocycles. The van der Waals surface area contributed by atoms with E-state index in [-0.39, 0.29) is 23.8 Å². The predicted octanol–water partition coefficient (Wildman–Crippen LogP) is 3.83. The van der Waals surface area contributed by atoms with Gasteiger partial charge in [0.2, 0.25) is 17.7 Å². The normalized spacial score (nSPS) is 34.8. The van der Waals surface area contributed by atoms with Gasteiger partial charge in [-0.15, -0.1) is 0 Å². The van der Waals surface area contributed by atoms with Crippen LogP contribution in [0.5, 0.6) is 0 Å². The van der Waals surface area contributed by atoms with Gasteiger partial charge in [0.1, 0.15) is 11.6 Å². The summed E-state index contributed by atoms with van der Waals surface area (Å²) in [6.45, 7) is 8.85. The lowest BCUT2D eigenvalue weighted by atomic mass is 9.74. The Bertz CT molecular complexity index is 1070. The first kappa shape index (κ1) is 25.0. The third-order valence-electron chi connectivity index (χ3n) is 8.60. The van der Waals surface area contributed by atoms with Crippen LogP contribution in [0.1, 0.15) is 58.4 Å². The summed E-state index contributed by atoms with van der Waals surface area (Å²) in [5.74, 6) is -1.13. The first-order valence-corrected chi connectivity index (χ1v) is 13.6. The number of nitrogens with one attached hydrogen (secondary N) is 2. The van der Waals surface area contributed by atoms with Crippen molar-refractivity contribution in [1.82, 2.24) is 10.2 Å². The number of hydrogen-bond donors (Lipinski definition) is 2. The molecule has 2 saturated heterocycles. The zero-order chi connectivity index (χ0) is 25.6. The lowest BCUT2D eigenvalue weighted by Gasteiger charge is -2.36. The van der Waals surface area contributed by atoms with Crippen LogP contribution in [-0.4, -0.2) is 53.0 Å². The summed E-state index contributed by atoms with van der Waals surface area (Å²) in [6.07, 6.45) is 8.37. The molecule has 5 rings (SSSR count). The molecule has 1 aromatic carbocycles. The van der Waals surface area contributed by atoms with E-state index >= 15 is 0 Å². The van der Waals surface area contributed by atoms with Gasteiger partial charge in [0, 0.05) is 18.3 Å². The summed E-state index contributed by atoms with van der Waals surface area (Å²) in [5, 5.41) is 6.28. The van der Waals surface area contributed by atoms with Crippen molar-refractivity contribution < 1.29 is 19.1 Å². The van der Waals surface area contributed by atoms with Crippen molar-refractivity contribution in [3.63, 3.8) is 0 Å². The van der Waals surface area contributed by atoms with Crippen LogP contribution >= 0.6 is 0 Å². The van der Waals surface area contributed by atoms with E-state index in [1.165, 1.54) is 6.42 Å². The van der Waals surface area contributed by atoms with Crippen molar-refractivity contribution in [2.45, 2.75) is 83.6 Å². The van der Waals surface area contributed by atoms with E-state index in [1.807, 2.05) is 43.3 Å². The summed E-state index contributed by atoms with van der Waals surface area (Å²) < 4.78 is 6.44. The number of hydrogen-bond acceptors (Lipinski definition) is 4. The number of anilines is 1. The standard InChI is InChI=1S/C29H39N3O4/c1-17(2)13-15-32-25(27(34)31-21-11-6-5-9-19(21)4)29-14-12-22(36-29)23(24(29)28(32)35)26(33)30-20-10-7-8-18(3)16-20/h7-8,10,12,14,16-17,19,21-25H,5-6,9,11,13,15H2,1-4H3,(H,30,33)(H,31,34)/t19-,21-,22-,23+,24-,25-,29-/m1/s1. The molecule has 1 spiro atoms. The molecule has 194 valence electrons. The molecular weight excluding hydrogens is 454 g/mol. The van der Waals surface area contributed by atoms with Crippen molar-refractivity contribution >= 4 is 23.4 Å². The highest BCUT2D eigenvalue weighted by Crippen LogP contribution is 2.55. The maximum absolute atomic E-state index is 13.9. The molecule has 0 unspecified atom stereocenters. The molecule has 1 aromatic rings. The number of carbonyl (C=O) groups is 3. The summed E-state index contributed by atoms with van der Waals surface area (Å²) >= 11 is 0. The molecule has 7 nitrogen and oxygen atoms in total. The van der Waals surface area contributed by atoms with Crippen LogP contribution in [0.3, 0.4) is 0 Å². The Labute approximate surface area is 214 Å². The van der Waals surface area contributed by atoms with E-state index in [0.29, 0.717) is 24.1 Å². The van der Waals surface area contributed by atoms with Crippen LogP contribution < -0.4 is 10.6 Å². The van der Waals surface area contributed by atoms with Crippen LogP contribution in [0, 0.1) is 30.6 Å². The fraction of sp³-hybridized carbons (Fsp3) is 0.621. The lowest BCUT2D eigenvalue weighted by molar-refractivity contribution is -0.141. The smallest absolute Gasteiger partial charge is 0.246 e. The van der Waals surface area contributed by atoms with E-state index in [9.17, 15) is 14.4 Å². The van der Waals surface area contributed by atoms with Crippen LogP contribution in [0.2, 0.25) is 0 Å². The minimum absolute atomic E-state index is 0.103. The largest absolute Gasteiger partial charge is 0.359 e. The predicted molar refractivity (Wildman–Crippen MR) is 138 cm³/mol. The van der Waals surface area contributed by atoms with E-state index in [4.69, 9.17) is 4.74 Å². The Hall–Kier alpha value is -2.67. The van der Waals surface area contributed by atoms with Gasteiger partial charge in [-0.05, 0) is 55.7 Å². The summed E-state index contributed by atoms with van der Waals surface area (Å²) in [7, 11) is 0. The number of likely N-dealkylation sites (tertiary alicyclic amines) is 1. The Morgan fingerprint density at radius 1 is 1.19 bits per heavy atom. The first-order chi connectivity index (χ1) is 17.2. The number of ether oxygens (including phenoxy) is 1. The summed E-state index contributed by atoms with van der Waals surface area (Å²) in [6, 6.07) is 6.96. The van der Waals surface area contributed by atoms with Crippen LogP contribution in [-0.2, 0) is 19.1 Å². The molecule has 0 radical (unpaired) electrons. The Morgan fingerprint density at radius 2 is 1.97 bits per heavy atom. The monoisotopic (exact) mass is 493 g/mol. The van der Waals surface area contributed by atoms with E-state index < -0.39 is 29.6 Å². The highest BCUT2D eigenvalue weighted by molar-refractivity contribution is 6.02. The average molecular weight is 494 g/mol. The minimum atomic E-state index is -1.10. The maximum atomic E-state index is 13.9. The number of carbonyl (C=O) groups excluding carboxylic acids is 3. The van der Waals surface area contributed by atoms with Crippen LogP contribution in [0.25, 0.3) is 0 Å². The van der Waals surface area contributed by atoms with E-state index in [1.54, 1.807) is 4.90 Å². The van der Waals surface area contributed by atoms with Gasteiger partial charge in [-0.1, -0.05) is 57.9 Å². The first-order valence-electron chi connectivity index (χ1n) is 13.6. The van der Waals surface area contributed by atoms with Gasteiger partial charge in [-0.3, -0.25) is 14.4 Å². The Balaban J connectivity index is 1.43. The Kier molecular flexibility index (Phi) is 6.70. The third kappa shape index (κ3) is 4.25. The highest BCUT2D eigenvalue weighted by atomic mass is 16.5. The number of amides is 3. The van der Waals surface area contributed by atoms with Gasteiger partial charge in [-0.2, -0.15) is 0 Å². The number of aryl methyl sites for hydroxylation is 1. The molecule has 0 aromatic heterocycles. The van der Waals surface area contributed by atoms with Gasteiger partial charge in [0.15, 0.2) is 0 Å². The van der Waals surface area contributed by atoms with Gasteiger partial charge < -0.3 is 20.3 Å². The minimum Gasteiger partial charge on any atom is -0.359 e. The van der Waals surface area contributed by atoms with Crippen LogP contribution in [0.4, 0.5) is 5.69 Å². The maximum Gasteiger partial charge on any atom is 0.246 e. The molecule has 3 amide bonds. The van der Waals surface area contributed by atoms with Gasteiger partial charge in [-0.25, -0.2) is 0 Å². The quantitative estimate of drug-likeness (QED) is 0.565. The second-order valence-corrected chi connectivity index (χ2v) is 11.7. The zero-order valence-electron chi connectivity index (χ0n) is 21.8. The van der Waals surface area contributed by atoms with Crippen molar-refractivity contribution in [3.8, 4) is 0 Å². The molecule has 3 fully saturated rings. The van der Waals surface area contributed by atoms with Crippen molar-refractivity contribution in [2.24, 2.45) is 23.7 Å². The topological polar surface area (TPSA) is 87.7 Å². The molecule has 2 bridgehead atoms. The van der Waals surface area contributed by atoms with E-state index in [0.717, 1.165) is 31.2 Å². The van der Waals surface area contributed by atoms with Gasteiger partial charge in [0.05, 0.1) is 17.9 Å². The van der Waals surface area contributed by atoms with E-state index in [2.05, 4.69) is 31.4 Å². The molecule has 7 atom stereocenters. The second kappa shape index (κ2) is 9.66. The van der Waals surface area contributed by atoms with Crippen molar-refractivity contribution in [2.75, 3.05) is 11.9 Å².